The van der Waals surface area contributed by atoms with E-state index in [1.54, 1.807) is 13.1 Å². The molecule has 3 aromatic rings. The molecule has 1 fully saturated rings. The Morgan fingerprint density at radius 2 is 1.88 bits per heavy atom. The van der Waals surface area contributed by atoms with Gasteiger partial charge >= 0.3 is 6.18 Å². The fraction of sp³-hybridized carbons (Fsp3) is 0.364. The van der Waals surface area contributed by atoms with Crippen LogP contribution < -0.4 is 21.3 Å². The van der Waals surface area contributed by atoms with Gasteiger partial charge in [0, 0.05) is 43.4 Å². The molecule has 7 nitrogen and oxygen atoms in total. The Balaban J connectivity index is 1.57. The first-order valence-corrected chi connectivity index (χ1v) is 10.4. The van der Waals surface area contributed by atoms with E-state index in [2.05, 4.69) is 25.5 Å². The number of morpholine rings is 1. The summed E-state index contributed by atoms with van der Waals surface area (Å²) < 4.78 is 44.7. The molecule has 0 atom stereocenters. The summed E-state index contributed by atoms with van der Waals surface area (Å²) in [6, 6.07) is 9.64. The summed E-state index contributed by atoms with van der Waals surface area (Å²) in [4.78, 5) is 11.3. The Kier molecular flexibility index (Phi) is 6.22. The van der Waals surface area contributed by atoms with Crippen molar-refractivity contribution >= 4 is 34.0 Å². The highest BCUT2D eigenvalue weighted by Gasteiger charge is 2.31. The number of nitrogens with one attached hydrogen (secondary N) is 2. The maximum atomic E-state index is 13.1. The number of ether oxygens (including phenoxy) is 1. The number of halogens is 3. The van der Waals surface area contributed by atoms with E-state index in [1.807, 2.05) is 18.2 Å². The number of anilines is 4. The number of alkyl halides is 3. The average Bonchev–Trinajstić information content (AvgIpc) is 2.78. The van der Waals surface area contributed by atoms with Crippen molar-refractivity contribution in [2.75, 3.05) is 61.2 Å². The van der Waals surface area contributed by atoms with Gasteiger partial charge in [0.15, 0.2) is 0 Å². The molecule has 1 aliphatic rings. The second kappa shape index (κ2) is 9.07. The summed E-state index contributed by atoms with van der Waals surface area (Å²) in [5, 5.41) is 7.05. The van der Waals surface area contributed by atoms with Crippen molar-refractivity contribution in [1.29, 1.82) is 0 Å². The Morgan fingerprint density at radius 3 is 2.59 bits per heavy atom. The molecule has 32 heavy (non-hydrogen) atoms. The molecule has 0 saturated carbocycles. The standard InChI is InChI=1S/C22H25F3N6O/c1-27-21-29-19-3-2-17(31-6-8-32-9-7-31)13-18(19)20(30-21)28-5-4-14-10-15(22(23,24)25)12-16(26)11-14/h2-3,10-13H,4-9,26H2,1H3,(H2,27,28,29,30). The molecule has 1 aromatic heterocycles. The zero-order valence-electron chi connectivity index (χ0n) is 17.7. The van der Waals surface area contributed by atoms with Gasteiger partial charge in [-0.3, -0.25) is 0 Å². The maximum Gasteiger partial charge on any atom is 0.416 e. The zero-order chi connectivity index (χ0) is 22.7. The van der Waals surface area contributed by atoms with Crippen LogP contribution in [0.4, 0.5) is 36.3 Å². The van der Waals surface area contributed by atoms with E-state index in [1.165, 1.54) is 0 Å². The van der Waals surface area contributed by atoms with Crippen molar-refractivity contribution in [3.05, 3.63) is 47.5 Å². The number of nitrogens with zero attached hydrogens (tertiary/aromatic N) is 3. The van der Waals surface area contributed by atoms with E-state index in [4.69, 9.17) is 10.5 Å². The Bertz CT molecular complexity index is 1100. The van der Waals surface area contributed by atoms with Gasteiger partial charge in [-0.1, -0.05) is 0 Å². The summed E-state index contributed by atoms with van der Waals surface area (Å²) in [6.45, 7) is 3.36. The van der Waals surface area contributed by atoms with Gasteiger partial charge < -0.3 is 26.0 Å². The lowest BCUT2D eigenvalue weighted by molar-refractivity contribution is -0.137. The zero-order valence-corrected chi connectivity index (χ0v) is 17.7. The fourth-order valence-electron chi connectivity index (χ4n) is 3.73. The van der Waals surface area contributed by atoms with Crippen molar-refractivity contribution in [2.45, 2.75) is 12.6 Å². The molecule has 2 aromatic carbocycles. The Labute approximate surface area is 183 Å². The van der Waals surface area contributed by atoms with Crippen LogP contribution in [0.3, 0.4) is 0 Å². The molecular formula is C22H25F3N6O. The summed E-state index contributed by atoms with van der Waals surface area (Å²) in [6.07, 6.45) is -4.07. The first-order chi connectivity index (χ1) is 15.3. The quantitative estimate of drug-likeness (QED) is 0.497. The third-order valence-electron chi connectivity index (χ3n) is 5.33. The molecule has 0 aliphatic carbocycles. The van der Waals surface area contributed by atoms with Crippen LogP contribution in [0.1, 0.15) is 11.1 Å². The highest BCUT2D eigenvalue weighted by Crippen LogP contribution is 2.32. The van der Waals surface area contributed by atoms with Crippen molar-refractivity contribution in [2.24, 2.45) is 0 Å². The van der Waals surface area contributed by atoms with Gasteiger partial charge in [0.2, 0.25) is 5.95 Å². The van der Waals surface area contributed by atoms with E-state index < -0.39 is 11.7 Å². The van der Waals surface area contributed by atoms with E-state index >= 15 is 0 Å². The molecule has 0 bridgehead atoms. The predicted molar refractivity (Wildman–Crippen MR) is 120 cm³/mol. The van der Waals surface area contributed by atoms with Gasteiger partial charge in [0.05, 0.1) is 24.3 Å². The minimum atomic E-state index is -4.43. The third-order valence-corrected chi connectivity index (χ3v) is 5.33. The van der Waals surface area contributed by atoms with E-state index in [9.17, 15) is 13.2 Å². The maximum absolute atomic E-state index is 13.1. The number of hydrogen-bond acceptors (Lipinski definition) is 7. The van der Waals surface area contributed by atoms with Gasteiger partial charge in [-0.2, -0.15) is 18.2 Å². The lowest BCUT2D eigenvalue weighted by atomic mass is 10.1. The lowest BCUT2D eigenvalue weighted by Gasteiger charge is -2.29. The minimum Gasteiger partial charge on any atom is -0.399 e. The topological polar surface area (TPSA) is 88.3 Å². The van der Waals surface area contributed by atoms with E-state index in [-0.39, 0.29) is 5.69 Å². The molecule has 2 heterocycles. The SMILES string of the molecule is CNc1nc(NCCc2cc(N)cc(C(F)(F)F)c2)c2cc(N3CCOCC3)ccc2n1. The van der Waals surface area contributed by atoms with Crippen molar-refractivity contribution in [3.63, 3.8) is 0 Å². The number of nitrogen functional groups attached to an aromatic ring is 1. The van der Waals surface area contributed by atoms with Crippen LogP contribution in [-0.2, 0) is 17.3 Å². The molecule has 0 unspecified atom stereocenters. The number of rotatable bonds is 6. The molecule has 0 radical (unpaired) electrons. The summed E-state index contributed by atoms with van der Waals surface area (Å²) in [5.74, 6) is 1.08. The number of fused-ring (bicyclic) bond motifs is 1. The van der Waals surface area contributed by atoms with E-state index in [0.29, 0.717) is 43.5 Å². The first kappa shape index (κ1) is 21.9. The van der Waals surface area contributed by atoms with Crippen LogP contribution in [0, 0.1) is 0 Å². The molecule has 1 aliphatic heterocycles. The highest BCUT2D eigenvalue weighted by molar-refractivity contribution is 5.92. The average molecular weight is 446 g/mol. The second-order valence-corrected chi connectivity index (χ2v) is 7.58. The van der Waals surface area contributed by atoms with Crippen molar-refractivity contribution in [3.8, 4) is 0 Å². The van der Waals surface area contributed by atoms with Gasteiger partial charge in [-0.05, 0) is 48.4 Å². The van der Waals surface area contributed by atoms with Crippen LogP contribution in [0.15, 0.2) is 36.4 Å². The molecule has 170 valence electrons. The van der Waals surface area contributed by atoms with Gasteiger partial charge in [-0.15, -0.1) is 0 Å². The van der Waals surface area contributed by atoms with Gasteiger partial charge in [0.25, 0.3) is 0 Å². The number of aromatic nitrogens is 2. The summed E-state index contributed by atoms with van der Waals surface area (Å²) >= 11 is 0. The summed E-state index contributed by atoms with van der Waals surface area (Å²) in [7, 11) is 1.73. The fourth-order valence-corrected chi connectivity index (χ4v) is 3.73. The number of benzene rings is 2. The van der Waals surface area contributed by atoms with E-state index in [0.717, 1.165) is 41.8 Å². The predicted octanol–water partition coefficient (Wildman–Crippen LogP) is 3.76. The van der Waals surface area contributed by atoms with Crippen molar-refractivity contribution < 1.29 is 17.9 Å². The van der Waals surface area contributed by atoms with Crippen LogP contribution in [0.25, 0.3) is 10.9 Å². The monoisotopic (exact) mass is 446 g/mol. The van der Waals surface area contributed by atoms with Crippen LogP contribution in [0.5, 0.6) is 0 Å². The Morgan fingerprint density at radius 1 is 1.09 bits per heavy atom. The van der Waals surface area contributed by atoms with Crippen LogP contribution in [0.2, 0.25) is 0 Å². The van der Waals surface area contributed by atoms with Crippen LogP contribution >= 0.6 is 0 Å². The van der Waals surface area contributed by atoms with Crippen molar-refractivity contribution in [1.82, 2.24) is 9.97 Å². The Hall–Kier alpha value is -3.27. The molecule has 4 N–H and O–H groups in total. The minimum absolute atomic E-state index is 0.0925. The molecule has 10 heteroatoms. The number of nitrogens with two attached hydrogens (primary N) is 1. The molecule has 1 saturated heterocycles. The number of hydrogen-bond donors (Lipinski definition) is 3. The highest BCUT2D eigenvalue weighted by atomic mass is 19.4. The molecule has 4 rings (SSSR count). The normalized spacial score (nSPS) is 14.6. The largest absolute Gasteiger partial charge is 0.416 e. The first-order valence-electron chi connectivity index (χ1n) is 10.4. The van der Waals surface area contributed by atoms with Gasteiger partial charge in [-0.25, -0.2) is 4.98 Å². The summed E-state index contributed by atoms with van der Waals surface area (Å²) in [5.41, 5.74) is 7.35. The second-order valence-electron chi connectivity index (χ2n) is 7.58. The molecule has 0 spiro atoms. The third kappa shape index (κ3) is 4.96. The smallest absolute Gasteiger partial charge is 0.399 e. The lowest BCUT2D eigenvalue weighted by Crippen LogP contribution is -2.36. The van der Waals surface area contributed by atoms with Crippen LogP contribution in [-0.4, -0.2) is 49.9 Å². The molecular weight excluding hydrogens is 421 g/mol. The van der Waals surface area contributed by atoms with Gasteiger partial charge in [0.1, 0.15) is 5.82 Å². The molecule has 0 amide bonds.